The lowest BCUT2D eigenvalue weighted by molar-refractivity contribution is -0.122. The van der Waals surface area contributed by atoms with E-state index in [2.05, 4.69) is 4.99 Å². The molecular formula is C26H24N2O5S. The molecule has 174 valence electrons. The predicted molar refractivity (Wildman–Crippen MR) is 133 cm³/mol. The number of carbonyl (C=O) groups is 2. The van der Waals surface area contributed by atoms with E-state index in [1.165, 1.54) is 11.8 Å². The number of para-hydroxylation sites is 1. The Balaban J connectivity index is 1.55. The van der Waals surface area contributed by atoms with Crippen molar-refractivity contribution in [3.63, 3.8) is 0 Å². The predicted octanol–water partition coefficient (Wildman–Crippen LogP) is 5.37. The number of ether oxygens (including phenoxy) is 2. The summed E-state index contributed by atoms with van der Waals surface area (Å²) >= 11 is 1.30. The molecule has 0 N–H and O–H groups in total. The van der Waals surface area contributed by atoms with Gasteiger partial charge in [-0.2, -0.15) is 0 Å². The molecule has 8 heteroatoms. The lowest BCUT2D eigenvalue weighted by atomic mass is 10.1. The first-order chi connectivity index (χ1) is 16.6. The summed E-state index contributed by atoms with van der Waals surface area (Å²) in [5.74, 6) is 0.676. The second-order valence-corrected chi connectivity index (χ2v) is 8.30. The van der Waals surface area contributed by atoms with Gasteiger partial charge in [0.15, 0.2) is 5.17 Å². The van der Waals surface area contributed by atoms with Crippen LogP contribution in [-0.4, -0.2) is 48.8 Å². The summed E-state index contributed by atoms with van der Waals surface area (Å²) in [6.07, 6.45) is 1.72. The highest BCUT2D eigenvalue weighted by Crippen LogP contribution is 2.35. The standard InChI is InChI=1S/C26H24N2O5S/c1-3-32-25(30)19-11-9-18(10-12-19)22-14-13-21(33-22)17-23-24(29)28(15-16-31-2)26(34-23)27-20-7-5-4-6-8-20/h4-14,17H,3,15-16H2,1-2H3/b23-17-,27-26?. The van der Waals surface area contributed by atoms with Crippen LogP contribution in [-0.2, 0) is 14.3 Å². The molecule has 34 heavy (non-hydrogen) atoms. The number of benzene rings is 2. The topological polar surface area (TPSA) is 81.3 Å². The molecule has 0 saturated carbocycles. The number of amides is 1. The minimum Gasteiger partial charge on any atom is -0.462 e. The number of amidine groups is 1. The van der Waals surface area contributed by atoms with E-state index < -0.39 is 0 Å². The van der Waals surface area contributed by atoms with Crippen molar-refractivity contribution in [2.75, 3.05) is 26.9 Å². The van der Waals surface area contributed by atoms with Crippen LogP contribution in [0.1, 0.15) is 23.0 Å². The monoisotopic (exact) mass is 476 g/mol. The van der Waals surface area contributed by atoms with Crippen LogP contribution in [0, 0.1) is 0 Å². The van der Waals surface area contributed by atoms with Crippen molar-refractivity contribution in [3.05, 3.63) is 83.0 Å². The fourth-order valence-electron chi connectivity index (χ4n) is 3.28. The highest BCUT2D eigenvalue weighted by molar-refractivity contribution is 8.18. The molecule has 4 rings (SSSR count). The Labute approximate surface area is 202 Å². The third kappa shape index (κ3) is 5.47. The average molecular weight is 477 g/mol. The number of thioether (sulfide) groups is 1. The minimum atomic E-state index is -0.360. The van der Waals surface area contributed by atoms with Gasteiger partial charge in [-0.15, -0.1) is 0 Å². The van der Waals surface area contributed by atoms with Crippen LogP contribution in [0.3, 0.4) is 0 Å². The molecule has 0 spiro atoms. The van der Waals surface area contributed by atoms with Crippen LogP contribution in [0.4, 0.5) is 5.69 Å². The molecule has 0 aliphatic carbocycles. The van der Waals surface area contributed by atoms with Gasteiger partial charge in [-0.25, -0.2) is 9.79 Å². The highest BCUT2D eigenvalue weighted by Gasteiger charge is 2.33. The summed E-state index contributed by atoms with van der Waals surface area (Å²) in [5, 5.41) is 0.598. The molecule has 0 bridgehead atoms. The molecule has 0 unspecified atom stereocenters. The van der Waals surface area contributed by atoms with Crippen molar-refractivity contribution in [2.45, 2.75) is 6.92 Å². The van der Waals surface area contributed by atoms with E-state index in [1.807, 2.05) is 36.4 Å². The number of furan rings is 1. The molecular weight excluding hydrogens is 452 g/mol. The first-order valence-corrected chi connectivity index (χ1v) is 11.6. The number of nitrogens with zero attached hydrogens (tertiary/aromatic N) is 2. The number of carbonyl (C=O) groups excluding carboxylic acids is 2. The molecule has 0 atom stereocenters. The normalized spacial score (nSPS) is 15.9. The third-order valence-electron chi connectivity index (χ3n) is 4.97. The average Bonchev–Trinajstić information content (AvgIpc) is 3.43. The molecule has 1 aliphatic heterocycles. The largest absolute Gasteiger partial charge is 0.462 e. The Bertz CT molecular complexity index is 1220. The fraction of sp³-hybridized carbons (Fsp3) is 0.192. The maximum atomic E-state index is 13.1. The Morgan fingerprint density at radius 3 is 2.56 bits per heavy atom. The van der Waals surface area contributed by atoms with Gasteiger partial charge >= 0.3 is 5.97 Å². The maximum absolute atomic E-state index is 13.1. The molecule has 3 aromatic rings. The van der Waals surface area contributed by atoms with Crippen LogP contribution in [0.25, 0.3) is 17.4 Å². The lowest BCUT2D eigenvalue weighted by Gasteiger charge is -2.14. The molecule has 2 heterocycles. The second-order valence-electron chi connectivity index (χ2n) is 7.29. The number of aliphatic imine (C=N–C) groups is 1. The van der Waals surface area contributed by atoms with Crippen molar-refractivity contribution >= 4 is 40.6 Å². The molecule has 0 radical (unpaired) electrons. The number of hydrogen-bond donors (Lipinski definition) is 0. The van der Waals surface area contributed by atoms with Gasteiger partial charge in [0.05, 0.1) is 35.9 Å². The van der Waals surface area contributed by atoms with E-state index in [-0.39, 0.29) is 11.9 Å². The van der Waals surface area contributed by atoms with E-state index in [0.29, 0.717) is 46.9 Å². The summed E-state index contributed by atoms with van der Waals surface area (Å²) in [7, 11) is 1.60. The van der Waals surface area contributed by atoms with Gasteiger partial charge in [-0.05, 0) is 55.1 Å². The van der Waals surface area contributed by atoms with Crippen molar-refractivity contribution in [1.82, 2.24) is 4.90 Å². The van der Waals surface area contributed by atoms with E-state index in [9.17, 15) is 9.59 Å². The maximum Gasteiger partial charge on any atom is 0.338 e. The van der Waals surface area contributed by atoms with E-state index in [0.717, 1.165) is 11.3 Å². The van der Waals surface area contributed by atoms with E-state index in [4.69, 9.17) is 13.9 Å². The zero-order chi connectivity index (χ0) is 23.9. The molecule has 2 aromatic carbocycles. The number of methoxy groups -OCH3 is 1. The zero-order valence-corrected chi connectivity index (χ0v) is 19.7. The Kier molecular flexibility index (Phi) is 7.61. The van der Waals surface area contributed by atoms with Gasteiger partial charge in [0, 0.05) is 18.7 Å². The van der Waals surface area contributed by atoms with Crippen LogP contribution < -0.4 is 0 Å². The van der Waals surface area contributed by atoms with Crippen LogP contribution in [0.5, 0.6) is 0 Å². The number of esters is 1. The van der Waals surface area contributed by atoms with Crippen molar-refractivity contribution in [2.24, 2.45) is 4.99 Å². The van der Waals surface area contributed by atoms with Gasteiger partial charge in [-0.3, -0.25) is 9.69 Å². The molecule has 1 aromatic heterocycles. The van der Waals surface area contributed by atoms with Crippen LogP contribution in [0.15, 0.2) is 81.0 Å². The van der Waals surface area contributed by atoms with Gasteiger partial charge < -0.3 is 13.9 Å². The van der Waals surface area contributed by atoms with E-state index in [1.54, 1.807) is 55.3 Å². The van der Waals surface area contributed by atoms with E-state index >= 15 is 0 Å². The summed E-state index contributed by atoms with van der Waals surface area (Å²) in [4.78, 5) is 31.7. The number of rotatable bonds is 8. The first-order valence-electron chi connectivity index (χ1n) is 10.8. The molecule has 1 saturated heterocycles. The smallest absolute Gasteiger partial charge is 0.338 e. The highest BCUT2D eigenvalue weighted by atomic mass is 32.2. The SMILES string of the molecule is CCOC(=O)c1ccc(-c2ccc(/C=C3\SC(=Nc4ccccc4)N(CCOC)C3=O)o2)cc1. The van der Waals surface area contributed by atoms with Crippen molar-refractivity contribution in [3.8, 4) is 11.3 Å². The molecule has 1 fully saturated rings. The summed E-state index contributed by atoms with van der Waals surface area (Å²) in [6.45, 7) is 2.90. The van der Waals surface area contributed by atoms with Gasteiger partial charge in [0.25, 0.3) is 5.91 Å². The molecule has 1 aliphatic rings. The molecule has 7 nitrogen and oxygen atoms in total. The second kappa shape index (κ2) is 11.0. The van der Waals surface area contributed by atoms with Gasteiger partial charge in [0.2, 0.25) is 0 Å². The lowest BCUT2D eigenvalue weighted by Crippen LogP contribution is -2.32. The molecule has 1 amide bonds. The Morgan fingerprint density at radius 2 is 1.85 bits per heavy atom. The quantitative estimate of drug-likeness (QED) is 0.321. The van der Waals surface area contributed by atoms with Crippen LogP contribution >= 0.6 is 11.8 Å². The fourth-order valence-corrected chi connectivity index (χ4v) is 4.29. The minimum absolute atomic E-state index is 0.145. The van der Waals surface area contributed by atoms with Crippen LogP contribution in [0.2, 0.25) is 0 Å². The van der Waals surface area contributed by atoms with Gasteiger partial charge in [-0.1, -0.05) is 30.3 Å². The summed E-state index contributed by atoms with van der Waals surface area (Å²) in [6, 6.07) is 20.1. The first kappa shape index (κ1) is 23.5. The number of hydrogen-bond acceptors (Lipinski definition) is 7. The Hall–Kier alpha value is -3.62. The summed E-state index contributed by atoms with van der Waals surface area (Å²) < 4.78 is 16.1. The summed E-state index contributed by atoms with van der Waals surface area (Å²) in [5.41, 5.74) is 2.07. The Morgan fingerprint density at radius 1 is 1.09 bits per heavy atom. The van der Waals surface area contributed by atoms with Gasteiger partial charge in [0.1, 0.15) is 11.5 Å². The van der Waals surface area contributed by atoms with Crippen molar-refractivity contribution in [1.29, 1.82) is 0 Å². The zero-order valence-electron chi connectivity index (χ0n) is 18.9. The third-order valence-corrected chi connectivity index (χ3v) is 5.98. The van der Waals surface area contributed by atoms with Crippen molar-refractivity contribution < 1.29 is 23.5 Å².